The highest BCUT2D eigenvalue weighted by atomic mass is 32.1. The maximum Gasteiger partial charge on any atom is 0.0895 e. The molecule has 16 heavy (non-hydrogen) atoms. The quantitative estimate of drug-likeness (QED) is 0.838. The van der Waals surface area contributed by atoms with Crippen LogP contribution in [0.2, 0.25) is 0 Å². The molecule has 2 fully saturated rings. The second-order valence-corrected chi connectivity index (χ2v) is 5.46. The van der Waals surface area contributed by atoms with E-state index in [1.807, 2.05) is 0 Å². The van der Waals surface area contributed by atoms with Crippen LogP contribution < -0.4 is 5.32 Å². The first-order valence-corrected chi connectivity index (χ1v) is 6.99. The summed E-state index contributed by atoms with van der Waals surface area (Å²) in [5.74, 6) is 0. The minimum absolute atomic E-state index is 0.701. The second-order valence-electron chi connectivity index (χ2n) is 4.85. The van der Waals surface area contributed by atoms with Crippen molar-refractivity contribution in [3.63, 3.8) is 0 Å². The second kappa shape index (κ2) is 4.77. The molecule has 88 valence electrons. The van der Waals surface area contributed by atoms with Crippen LogP contribution in [0.3, 0.4) is 0 Å². The van der Waals surface area contributed by atoms with Crippen molar-refractivity contribution in [1.29, 1.82) is 0 Å². The molecule has 0 amide bonds. The molecule has 1 aromatic rings. The summed E-state index contributed by atoms with van der Waals surface area (Å²) in [7, 11) is 0. The van der Waals surface area contributed by atoms with Gasteiger partial charge in [0.25, 0.3) is 0 Å². The van der Waals surface area contributed by atoms with Crippen LogP contribution in [0.15, 0.2) is 5.38 Å². The zero-order chi connectivity index (χ0) is 10.8. The largest absolute Gasteiger partial charge is 0.313 e. The summed E-state index contributed by atoms with van der Waals surface area (Å²) in [5, 5.41) is 9.79. The lowest BCUT2D eigenvalue weighted by Gasteiger charge is -2.24. The molecule has 1 aromatic heterocycles. The molecule has 5 heteroatoms. The standard InChI is InChI=1S/C11H18N4S/c1-2-9(12-5-1)6-15(11-3-4-11)7-10-8-16-14-13-10/h8-9,11-12H,1-7H2. The van der Waals surface area contributed by atoms with Gasteiger partial charge in [-0.3, -0.25) is 4.90 Å². The van der Waals surface area contributed by atoms with E-state index in [-0.39, 0.29) is 0 Å². The summed E-state index contributed by atoms with van der Waals surface area (Å²) in [5.41, 5.74) is 1.13. The highest BCUT2D eigenvalue weighted by Gasteiger charge is 2.31. The number of aromatic nitrogens is 2. The molecule has 0 bridgehead atoms. The van der Waals surface area contributed by atoms with Gasteiger partial charge in [0.1, 0.15) is 0 Å². The molecule has 0 spiro atoms. The van der Waals surface area contributed by atoms with Crippen molar-refractivity contribution in [3.8, 4) is 0 Å². The third-order valence-corrected chi connectivity index (χ3v) is 4.00. The van der Waals surface area contributed by atoms with Crippen molar-refractivity contribution >= 4 is 11.5 Å². The van der Waals surface area contributed by atoms with Crippen LogP contribution in [0.1, 0.15) is 31.4 Å². The number of hydrogen-bond donors (Lipinski definition) is 1. The Labute approximate surface area is 100 Å². The van der Waals surface area contributed by atoms with Gasteiger partial charge >= 0.3 is 0 Å². The molecular formula is C11H18N4S. The minimum atomic E-state index is 0.701. The summed E-state index contributed by atoms with van der Waals surface area (Å²) in [6, 6.07) is 1.51. The Hall–Kier alpha value is -0.520. The fraction of sp³-hybridized carbons (Fsp3) is 0.818. The van der Waals surface area contributed by atoms with Crippen LogP contribution in [0, 0.1) is 0 Å². The van der Waals surface area contributed by atoms with Gasteiger partial charge in [-0.05, 0) is 43.8 Å². The lowest BCUT2D eigenvalue weighted by molar-refractivity contribution is 0.228. The minimum Gasteiger partial charge on any atom is -0.313 e. The molecule has 0 radical (unpaired) electrons. The van der Waals surface area contributed by atoms with Gasteiger partial charge in [-0.25, -0.2) is 0 Å². The molecule has 1 N–H and O–H groups in total. The Kier molecular flexibility index (Phi) is 3.17. The molecule has 2 aliphatic rings. The summed E-state index contributed by atoms with van der Waals surface area (Å²) >= 11 is 1.45. The van der Waals surface area contributed by atoms with Crippen LogP contribution in [-0.4, -0.2) is 39.7 Å². The Morgan fingerprint density at radius 2 is 2.38 bits per heavy atom. The van der Waals surface area contributed by atoms with Gasteiger partial charge < -0.3 is 5.32 Å². The van der Waals surface area contributed by atoms with Gasteiger partial charge in [0.15, 0.2) is 0 Å². The van der Waals surface area contributed by atoms with Crippen molar-refractivity contribution < 1.29 is 0 Å². The maximum atomic E-state index is 4.15. The van der Waals surface area contributed by atoms with Gasteiger partial charge in [-0.1, -0.05) is 4.49 Å². The molecule has 1 atom stereocenters. The van der Waals surface area contributed by atoms with Gasteiger partial charge in [-0.2, -0.15) is 0 Å². The smallest absolute Gasteiger partial charge is 0.0895 e. The molecule has 1 saturated heterocycles. The number of nitrogens with zero attached hydrogens (tertiary/aromatic N) is 3. The molecule has 1 unspecified atom stereocenters. The number of nitrogens with one attached hydrogen (secondary N) is 1. The monoisotopic (exact) mass is 238 g/mol. The van der Waals surface area contributed by atoms with E-state index in [9.17, 15) is 0 Å². The molecule has 1 saturated carbocycles. The average molecular weight is 238 g/mol. The van der Waals surface area contributed by atoms with Gasteiger partial charge in [-0.15, -0.1) is 5.10 Å². The molecule has 3 rings (SSSR count). The Morgan fingerprint density at radius 1 is 1.44 bits per heavy atom. The first-order valence-electron chi connectivity index (χ1n) is 6.15. The Balaban J connectivity index is 1.57. The number of hydrogen-bond acceptors (Lipinski definition) is 5. The van der Waals surface area contributed by atoms with E-state index in [4.69, 9.17) is 0 Å². The zero-order valence-electron chi connectivity index (χ0n) is 9.43. The molecule has 1 aliphatic carbocycles. The van der Waals surface area contributed by atoms with E-state index in [0.717, 1.165) is 18.3 Å². The van der Waals surface area contributed by atoms with Crippen LogP contribution in [0.4, 0.5) is 0 Å². The fourth-order valence-corrected chi connectivity index (χ4v) is 2.88. The first-order chi connectivity index (χ1) is 7.92. The highest BCUT2D eigenvalue weighted by molar-refractivity contribution is 7.03. The molecular weight excluding hydrogens is 220 g/mol. The fourth-order valence-electron chi connectivity index (χ4n) is 2.44. The SMILES string of the molecule is c1snnc1CN(CC1CCCN1)C1CC1. The molecule has 1 aliphatic heterocycles. The molecule has 2 heterocycles. The average Bonchev–Trinajstić information content (AvgIpc) is 2.79. The summed E-state index contributed by atoms with van der Waals surface area (Å²) < 4.78 is 3.94. The van der Waals surface area contributed by atoms with Crippen LogP contribution in [0.5, 0.6) is 0 Å². The summed E-state index contributed by atoms with van der Waals surface area (Å²) in [6.07, 6.45) is 5.40. The Morgan fingerprint density at radius 3 is 3.00 bits per heavy atom. The third-order valence-electron chi connectivity index (χ3n) is 3.45. The lowest BCUT2D eigenvalue weighted by atomic mass is 10.2. The molecule has 0 aromatic carbocycles. The van der Waals surface area contributed by atoms with Gasteiger partial charge in [0.05, 0.1) is 5.69 Å². The normalized spacial score (nSPS) is 25.4. The van der Waals surface area contributed by atoms with Crippen molar-refractivity contribution in [3.05, 3.63) is 11.1 Å². The van der Waals surface area contributed by atoms with Crippen LogP contribution in [-0.2, 0) is 6.54 Å². The first kappa shape index (κ1) is 10.6. The van der Waals surface area contributed by atoms with Crippen LogP contribution in [0.25, 0.3) is 0 Å². The number of rotatable bonds is 5. The summed E-state index contributed by atoms with van der Waals surface area (Å²) in [4.78, 5) is 2.58. The molecule has 4 nitrogen and oxygen atoms in total. The zero-order valence-corrected chi connectivity index (χ0v) is 10.2. The Bertz CT molecular complexity index is 317. The van der Waals surface area contributed by atoms with E-state index in [1.54, 1.807) is 0 Å². The van der Waals surface area contributed by atoms with Gasteiger partial charge in [0, 0.05) is 30.6 Å². The van der Waals surface area contributed by atoms with Crippen LogP contribution >= 0.6 is 11.5 Å². The third kappa shape index (κ3) is 2.59. The van der Waals surface area contributed by atoms with E-state index in [0.29, 0.717) is 6.04 Å². The van der Waals surface area contributed by atoms with Crippen molar-refractivity contribution in [2.24, 2.45) is 0 Å². The van der Waals surface area contributed by atoms with Gasteiger partial charge in [0.2, 0.25) is 0 Å². The highest BCUT2D eigenvalue weighted by Crippen LogP contribution is 2.28. The summed E-state index contributed by atoms with van der Waals surface area (Å²) in [6.45, 7) is 3.36. The van der Waals surface area contributed by atoms with Crippen molar-refractivity contribution in [2.75, 3.05) is 13.1 Å². The predicted octanol–water partition coefficient (Wildman–Crippen LogP) is 1.25. The lowest BCUT2D eigenvalue weighted by Crippen LogP contribution is -2.38. The van der Waals surface area contributed by atoms with E-state index >= 15 is 0 Å². The van der Waals surface area contributed by atoms with Crippen molar-refractivity contribution in [1.82, 2.24) is 19.8 Å². The topological polar surface area (TPSA) is 41.1 Å². The predicted molar refractivity (Wildman–Crippen MR) is 64.4 cm³/mol. The van der Waals surface area contributed by atoms with E-state index < -0.39 is 0 Å². The van der Waals surface area contributed by atoms with E-state index in [2.05, 4.69) is 25.2 Å². The van der Waals surface area contributed by atoms with E-state index in [1.165, 1.54) is 50.3 Å². The van der Waals surface area contributed by atoms with Crippen molar-refractivity contribution in [2.45, 2.75) is 44.3 Å². The maximum absolute atomic E-state index is 4.15.